The third kappa shape index (κ3) is 8.60. The first-order valence-electron chi connectivity index (χ1n) is 13.9. The highest BCUT2D eigenvalue weighted by molar-refractivity contribution is 5.03. The molecule has 0 spiro atoms. The molecule has 0 radical (unpaired) electrons. The highest BCUT2D eigenvalue weighted by atomic mass is 79.9. The van der Waals surface area contributed by atoms with Crippen LogP contribution in [0.2, 0.25) is 0 Å². The summed E-state index contributed by atoms with van der Waals surface area (Å²) >= 11 is 0. The van der Waals surface area contributed by atoms with Crippen LogP contribution >= 0.6 is 0 Å². The van der Waals surface area contributed by atoms with Gasteiger partial charge in [-0.3, -0.25) is 0 Å². The number of nitrogens with zero attached hydrogens (tertiary/aromatic N) is 1. The Morgan fingerprint density at radius 1 is 0.710 bits per heavy atom. The lowest BCUT2D eigenvalue weighted by Gasteiger charge is -2.57. The second kappa shape index (κ2) is 13.3. The van der Waals surface area contributed by atoms with Crippen LogP contribution in [0.25, 0.3) is 0 Å². The maximum absolute atomic E-state index is 6.95. The van der Waals surface area contributed by atoms with Crippen molar-refractivity contribution >= 4 is 0 Å². The maximum atomic E-state index is 6.95. The average Bonchev–Trinajstić information content (AvgIpc) is 2.67. The molecule has 184 valence electrons. The molecule has 0 amide bonds. The SMILES string of the molecule is CCCCCCCCCCCCCC[N+](C)(C)C(C)OC12CC3CC(CC(C3)C1)C2.[Br-]. The van der Waals surface area contributed by atoms with Gasteiger partial charge in [-0.2, -0.15) is 0 Å². The van der Waals surface area contributed by atoms with Gasteiger partial charge in [-0.25, -0.2) is 0 Å². The fourth-order valence-electron chi connectivity index (χ4n) is 7.22. The summed E-state index contributed by atoms with van der Waals surface area (Å²) in [6.07, 6.45) is 26.2. The lowest BCUT2D eigenvalue weighted by molar-refractivity contribution is -0.938. The largest absolute Gasteiger partial charge is 1.00 e. The Balaban J connectivity index is 0.00000341. The summed E-state index contributed by atoms with van der Waals surface area (Å²) in [6.45, 7) is 5.93. The van der Waals surface area contributed by atoms with Gasteiger partial charge in [-0.15, -0.1) is 0 Å². The molecule has 4 bridgehead atoms. The van der Waals surface area contributed by atoms with Crippen molar-refractivity contribution in [3.63, 3.8) is 0 Å². The fraction of sp³-hybridized carbons (Fsp3) is 1.00. The monoisotopic (exact) mass is 499 g/mol. The van der Waals surface area contributed by atoms with Crippen LogP contribution in [-0.2, 0) is 4.74 Å². The molecule has 0 heterocycles. The Morgan fingerprint density at radius 2 is 1.10 bits per heavy atom. The molecule has 0 aromatic rings. The molecule has 0 saturated heterocycles. The zero-order chi connectivity index (χ0) is 21.5. The van der Waals surface area contributed by atoms with Gasteiger partial charge in [0.2, 0.25) is 0 Å². The molecule has 4 fully saturated rings. The van der Waals surface area contributed by atoms with E-state index in [2.05, 4.69) is 27.9 Å². The zero-order valence-corrected chi connectivity index (χ0v) is 23.1. The van der Waals surface area contributed by atoms with E-state index in [0.717, 1.165) is 22.2 Å². The molecule has 2 nitrogen and oxygen atoms in total. The first-order valence-corrected chi connectivity index (χ1v) is 13.9. The molecule has 4 aliphatic carbocycles. The lowest BCUT2D eigenvalue weighted by Crippen LogP contribution is -3.00. The van der Waals surface area contributed by atoms with Gasteiger partial charge in [-0.05, 0) is 69.1 Å². The standard InChI is InChI=1S/C28H54NO.BrH/c1-5-6-7-8-9-10-11-12-13-14-15-16-17-29(3,4)24(2)30-28-21-25-18-26(22-28)20-27(19-25)23-28;/h24-27H,5-23H2,1-4H3;1H/q+1;/p-1. The predicted octanol–water partition coefficient (Wildman–Crippen LogP) is 5.10. The molecule has 4 rings (SSSR count). The molecule has 4 saturated carbocycles. The normalized spacial score (nSPS) is 30.4. The van der Waals surface area contributed by atoms with Crippen LogP contribution in [0.5, 0.6) is 0 Å². The van der Waals surface area contributed by atoms with Crippen LogP contribution in [0.4, 0.5) is 0 Å². The minimum absolute atomic E-state index is 0. The Morgan fingerprint density at radius 3 is 1.52 bits per heavy atom. The lowest BCUT2D eigenvalue weighted by atomic mass is 9.54. The van der Waals surface area contributed by atoms with Gasteiger partial charge >= 0.3 is 0 Å². The Labute approximate surface area is 205 Å². The first-order chi connectivity index (χ1) is 14.4. The quantitative estimate of drug-likeness (QED) is 0.163. The summed E-state index contributed by atoms with van der Waals surface area (Å²) < 4.78 is 7.99. The summed E-state index contributed by atoms with van der Waals surface area (Å²) in [6, 6.07) is 0. The van der Waals surface area contributed by atoms with Crippen molar-refractivity contribution in [1.29, 1.82) is 0 Å². The van der Waals surface area contributed by atoms with Crippen molar-refractivity contribution < 1.29 is 26.2 Å². The van der Waals surface area contributed by atoms with Gasteiger partial charge in [0.25, 0.3) is 0 Å². The van der Waals surface area contributed by atoms with Crippen molar-refractivity contribution in [2.24, 2.45) is 17.8 Å². The molecule has 1 atom stereocenters. The van der Waals surface area contributed by atoms with Gasteiger partial charge in [0, 0.05) is 6.92 Å². The number of rotatable bonds is 16. The number of hydrogen-bond acceptors (Lipinski definition) is 1. The highest BCUT2D eigenvalue weighted by Gasteiger charge is 2.53. The third-order valence-corrected chi connectivity index (χ3v) is 8.97. The van der Waals surface area contributed by atoms with Crippen molar-refractivity contribution in [2.75, 3.05) is 20.6 Å². The van der Waals surface area contributed by atoms with Gasteiger partial charge in [0.05, 0.1) is 26.2 Å². The number of hydrogen-bond donors (Lipinski definition) is 0. The van der Waals surface area contributed by atoms with Crippen molar-refractivity contribution in [2.45, 2.75) is 141 Å². The fourth-order valence-corrected chi connectivity index (χ4v) is 7.22. The molecular formula is C28H54BrNO. The van der Waals surface area contributed by atoms with E-state index in [1.165, 1.54) is 122 Å². The Kier molecular flexibility index (Phi) is 11.9. The summed E-state index contributed by atoms with van der Waals surface area (Å²) in [5.74, 6) is 2.95. The molecular weight excluding hydrogens is 446 g/mol. The van der Waals surface area contributed by atoms with E-state index in [0.29, 0.717) is 6.23 Å². The van der Waals surface area contributed by atoms with E-state index in [1.807, 2.05) is 0 Å². The zero-order valence-electron chi connectivity index (χ0n) is 21.5. The number of unbranched alkanes of at least 4 members (excludes halogenated alkanes) is 11. The summed E-state index contributed by atoms with van der Waals surface area (Å²) in [7, 11) is 4.81. The molecule has 4 aliphatic rings. The number of halogens is 1. The summed E-state index contributed by atoms with van der Waals surface area (Å²) in [5, 5.41) is 0. The highest BCUT2D eigenvalue weighted by Crippen LogP contribution is 2.57. The Hall–Kier alpha value is 0.400. The van der Waals surface area contributed by atoms with E-state index >= 15 is 0 Å². The van der Waals surface area contributed by atoms with Crippen LogP contribution in [0, 0.1) is 17.8 Å². The average molecular weight is 501 g/mol. The molecule has 3 heteroatoms. The predicted molar refractivity (Wildman–Crippen MR) is 130 cm³/mol. The number of quaternary nitrogens is 1. The minimum Gasteiger partial charge on any atom is -1.00 e. The molecule has 31 heavy (non-hydrogen) atoms. The topological polar surface area (TPSA) is 9.23 Å². The van der Waals surface area contributed by atoms with Crippen molar-refractivity contribution in [3.05, 3.63) is 0 Å². The van der Waals surface area contributed by atoms with Crippen LogP contribution in [0.15, 0.2) is 0 Å². The molecule has 0 aliphatic heterocycles. The smallest absolute Gasteiger partial charge is 0.190 e. The van der Waals surface area contributed by atoms with Crippen molar-refractivity contribution in [1.82, 2.24) is 0 Å². The van der Waals surface area contributed by atoms with E-state index in [4.69, 9.17) is 4.74 Å². The van der Waals surface area contributed by atoms with E-state index in [1.54, 1.807) is 0 Å². The molecule has 1 unspecified atom stereocenters. The summed E-state index contributed by atoms with van der Waals surface area (Å²) in [5.41, 5.74) is 0.250. The minimum atomic E-state index is 0. The second-order valence-electron chi connectivity index (χ2n) is 12.2. The van der Waals surface area contributed by atoms with E-state index in [-0.39, 0.29) is 22.6 Å². The molecule has 0 N–H and O–H groups in total. The van der Waals surface area contributed by atoms with Crippen molar-refractivity contribution in [3.8, 4) is 0 Å². The summed E-state index contributed by atoms with van der Waals surface area (Å²) in [4.78, 5) is 0. The van der Waals surface area contributed by atoms with Gasteiger partial charge in [0.15, 0.2) is 6.23 Å². The van der Waals surface area contributed by atoms with E-state index < -0.39 is 0 Å². The van der Waals surface area contributed by atoms with Gasteiger partial charge < -0.3 is 26.2 Å². The first kappa shape index (κ1) is 27.6. The van der Waals surface area contributed by atoms with E-state index in [9.17, 15) is 0 Å². The van der Waals surface area contributed by atoms with Crippen LogP contribution < -0.4 is 17.0 Å². The number of ether oxygens (including phenoxy) is 1. The second-order valence-corrected chi connectivity index (χ2v) is 12.2. The van der Waals surface area contributed by atoms with Crippen LogP contribution in [0.1, 0.15) is 129 Å². The molecule has 0 aromatic carbocycles. The maximum Gasteiger partial charge on any atom is 0.190 e. The van der Waals surface area contributed by atoms with Gasteiger partial charge in [0.1, 0.15) is 0 Å². The van der Waals surface area contributed by atoms with Crippen LogP contribution in [-0.4, -0.2) is 37.0 Å². The van der Waals surface area contributed by atoms with Crippen LogP contribution in [0.3, 0.4) is 0 Å². The molecule has 0 aromatic heterocycles. The third-order valence-electron chi connectivity index (χ3n) is 8.97. The van der Waals surface area contributed by atoms with Gasteiger partial charge in [-0.1, -0.05) is 71.1 Å². The Bertz CT molecular complexity index is 456.